The predicted molar refractivity (Wildman–Crippen MR) is 80.1 cm³/mol. The van der Waals surface area contributed by atoms with Crippen LogP contribution in [0.5, 0.6) is 0 Å². The number of carbonyl (C=O) groups is 2. The van der Waals surface area contributed by atoms with Crippen LogP contribution in [0.15, 0.2) is 24.3 Å². The van der Waals surface area contributed by atoms with E-state index in [0.717, 1.165) is 25.7 Å². The van der Waals surface area contributed by atoms with Gasteiger partial charge in [0.2, 0.25) is 5.91 Å². The topological polar surface area (TPSA) is 58.2 Å². The van der Waals surface area contributed by atoms with Gasteiger partial charge in [0.05, 0.1) is 11.3 Å². The lowest BCUT2D eigenvalue weighted by Gasteiger charge is -2.23. The zero-order valence-electron chi connectivity index (χ0n) is 11.3. The third-order valence-electron chi connectivity index (χ3n) is 3.51. The highest BCUT2D eigenvalue weighted by molar-refractivity contribution is 6.29. The van der Waals surface area contributed by atoms with Crippen molar-refractivity contribution in [2.45, 2.75) is 38.1 Å². The number of para-hydroxylation sites is 1. The van der Waals surface area contributed by atoms with Gasteiger partial charge in [-0.1, -0.05) is 31.4 Å². The molecule has 0 heterocycles. The van der Waals surface area contributed by atoms with Gasteiger partial charge in [-0.05, 0) is 25.0 Å². The van der Waals surface area contributed by atoms with Gasteiger partial charge in [0.25, 0.3) is 5.91 Å². The second-order valence-corrected chi connectivity index (χ2v) is 5.30. The first-order valence-corrected chi connectivity index (χ1v) is 7.50. The molecule has 2 N–H and O–H groups in total. The number of nitrogens with one attached hydrogen (secondary N) is 2. The molecule has 0 unspecified atom stereocenters. The van der Waals surface area contributed by atoms with E-state index in [-0.39, 0.29) is 23.7 Å². The van der Waals surface area contributed by atoms with E-state index in [0.29, 0.717) is 11.3 Å². The summed E-state index contributed by atoms with van der Waals surface area (Å²) in [4.78, 5) is 23.7. The molecule has 2 amide bonds. The molecule has 0 bridgehead atoms. The van der Waals surface area contributed by atoms with Crippen molar-refractivity contribution in [3.05, 3.63) is 29.8 Å². The Balaban J connectivity index is 2.06. The summed E-state index contributed by atoms with van der Waals surface area (Å²) in [6.45, 7) is 0. The highest BCUT2D eigenvalue weighted by atomic mass is 35.5. The molecule has 2 rings (SSSR count). The SMILES string of the molecule is O=C(CCl)Nc1ccccc1C(=O)NC1CCCCC1. The normalized spacial score (nSPS) is 15.7. The van der Waals surface area contributed by atoms with Crippen molar-refractivity contribution in [3.63, 3.8) is 0 Å². The largest absolute Gasteiger partial charge is 0.349 e. The van der Waals surface area contributed by atoms with Crippen LogP contribution in [-0.4, -0.2) is 23.7 Å². The van der Waals surface area contributed by atoms with Gasteiger partial charge < -0.3 is 10.6 Å². The van der Waals surface area contributed by atoms with Gasteiger partial charge in [-0.25, -0.2) is 0 Å². The van der Waals surface area contributed by atoms with Crippen molar-refractivity contribution in [3.8, 4) is 0 Å². The summed E-state index contributed by atoms with van der Waals surface area (Å²) in [5, 5.41) is 5.69. The number of hydrogen-bond acceptors (Lipinski definition) is 2. The molecule has 1 aliphatic carbocycles. The van der Waals surface area contributed by atoms with Crippen LogP contribution in [0.1, 0.15) is 42.5 Å². The average Bonchev–Trinajstić information content (AvgIpc) is 2.48. The van der Waals surface area contributed by atoms with Crippen LogP contribution in [0.4, 0.5) is 5.69 Å². The van der Waals surface area contributed by atoms with Crippen LogP contribution >= 0.6 is 11.6 Å². The van der Waals surface area contributed by atoms with Crippen molar-refractivity contribution in [2.75, 3.05) is 11.2 Å². The molecule has 108 valence electrons. The van der Waals surface area contributed by atoms with Crippen molar-refractivity contribution in [1.82, 2.24) is 5.32 Å². The summed E-state index contributed by atoms with van der Waals surface area (Å²) in [6, 6.07) is 7.23. The maximum Gasteiger partial charge on any atom is 0.253 e. The second kappa shape index (κ2) is 7.29. The lowest BCUT2D eigenvalue weighted by atomic mass is 9.95. The fourth-order valence-electron chi connectivity index (χ4n) is 2.48. The first-order valence-electron chi connectivity index (χ1n) is 6.96. The molecular formula is C15H19ClN2O2. The van der Waals surface area contributed by atoms with Gasteiger partial charge >= 0.3 is 0 Å². The molecule has 4 nitrogen and oxygen atoms in total. The third kappa shape index (κ3) is 3.97. The van der Waals surface area contributed by atoms with Crippen LogP contribution in [0.3, 0.4) is 0 Å². The summed E-state index contributed by atoms with van der Waals surface area (Å²) >= 11 is 5.48. The Kier molecular flexibility index (Phi) is 5.41. The van der Waals surface area contributed by atoms with Crippen LogP contribution in [0.25, 0.3) is 0 Å². The first-order chi connectivity index (χ1) is 9.70. The number of hydrogen-bond donors (Lipinski definition) is 2. The van der Waals surface area contributed by atoms with Gasteiger partial charge in [0, 0.05) is 6.04 Å². The Morgan fingerprint density at radius 2 is 1.85 bits per heavy atom. The average molecular weight is 295 g/mol. The van der Waals surface area contributed by atoms with Gasteiger partial charge in [0.1, 0.15) is 5.88 Å². The summed E-state index contributed by atoms with van der Waals surface area (Å²) in [5.74, 6) is -0.578. The fraction of sp³-hybridized carbons (Fsp3) is 0.467. The molecule has 20 heavy (non-hydrogen) atoms. The minimum absolute atomic E-state index is 0.126. The summed E-state index contributed by atoms with van der Waals surface area (Å²) in [7, 11) is 0. The summed E-state index contributed by atoms with van der Waals surface area (Å²) < 4.78 is 0. The van der Waals surface area contributed by atoms with E-state index >= 15 is 0 Å². The Bertz CT molecular complexity index is 485. The predicted octanol–water partition coefficient (Wildman–Crippen LogP) is 2.93. The van der Waals surface area contributed by atoms with Crippen molar-refractivity contribution >= 4 is 29.1 Å². The van der Waals surface area contributed by atoms with E-state index in [1.807, 2.05) is 0 Å². The third-order valence-corrected chi connectivity index (χ3v) is 3.75. The van der Waals surface area contributed by atoms with Crippen molar-refractivity contribution < 1.29 is 9.59 Å². The van der Waals surface area contributed by atoms with E-state index in [1.54, 1.807) is 24.3 Å². The molecule has 1 aromatic carbocycles. The van der Waals surface area contributed by atoms with E-state index in [2.05, 4.69) is 10.6 Å². The Morgan fingerprint density at radius 1 is 1.15 bits per heavy atom. The van der Waals surface area contributed by atoms with Crippen LogP contribution in [0, 0.1) is 0 Å². The lowest BCUT2D eigenvalue weighted by Crippen LogP contribution is -2.36. The number of benzene rings is 1. The highest BCUT2D eigenvalue weighted by Crippen LogP contribution is 2.20. The minimum Gasteiger partial charge on any atom is -0.349 e. The zero-order chi connectivity index (χ0) is 14.4. The van der Waals surface area contributed by atoms with Crippen LogP contribution < -0.4 is 10.6 Å². The fourth-order valence-corrected chi connectivity index (χ4v) is 2.55. The number of carbonyl (C=O) groups excluding carboxylic acids is 2. The molecular weight excluding hydrogens is 276 g/mol. The van der Waals surface area contributed by atoms with Crippen LogP contribution in [0.2, 0.25) is 0 Å². The second-order valence-electron chi connectivity index (χ2n) is 5.04. The Labute approximate surface area is 123 Å². The molecule has 0 aromatic heterocycles. The van der Waals surface area contributed by atoms with Gasteiger partial charge in [-0.3, -0.25) is 9.59 Å². The number of alkyl halides is 1. The highest BCUT2D eigenvalue weighted by Gasteiger charge is 2.18. The molecule has 0 aliphatic heterocycles. The molecule has 1 aliphatic rings. The quantitative estimate of drug-likeness (QED) is 0.839. The van der Waals surface area contributed by atoms with Gasteiger partial charge in [-0.15, -0.1) is 11.6 Å². The standard InChI is InChI=1S/C15H19ClN2O2/c16-10-14(19)18-13-9-5-4-8-12(13)15(20)17-11-6-2-1-3-7-11/h4-5,8-9,11H,1-3,6-7,10H2,(H,17,20)(H,18,19). The minimum atomic E-state index is -0.315. The molecule has 0 spiro atoms. The zero-order valence-corrected chi connectivity index (χ0v) is 12.1. The number of halogens is 1. The van der Waals surface area contributed by atoms with E-state index in [1.165, 1.54) is 6.42 Å². The van der Waals surface area contributed by atoms with E-state index < -0.39 is 0 Å². The monoisotopic (exact) mass is 294 g/mol. The molecule has 5 heteroatoms. The number of rotatable bonds is 4. The number of anilines is 1. The Morgan fingerprint density at radius 3 is 2.55 bits per heavy atom. The number of amides is 2. The smallest absolute Gasteiger partial charge is 0.253 e. The Hall–Kier alpha value is -1.55. The van der Waals surface area contributed by atoms with Crippen molar-refractivity contribution in [1.29, 1.82) is 0 Å². The van der Waals surface area contributed by atoms with Gasteiger partial charge in [0.15, 0.2) is 0 Å². The van der Waals surface area contributed by atoms with Gasteiger partial charge in [-0.2, -0.15) is 0 Å². The molecule has 1 fully saturated rings. The molecule has 0 saturated heterocycles. The maximum atomic E-state index is 12.3. The summed E-state index contributed by atoms with van der Waals surface area (Å²) in [6.07, 6.45) is 5.63. The molecule has 1 aromatic rings. The summed E-state index contributed by atoms with van der Waals surface area (Å²) in [5.41, 5.74) is 0.989. The molecule has 0 radical (unpaired) electrons. The lowest BCUT2D eigenvalue weighted by molar-refractivity contribution is -0.113. The van der Waals surface area contributed by atoms with Crippen LogP contribution in [-0.2, 0) is 4.79 Å². The van der Waals surface area contributed by atoms with E-state index in [4.69, 9.17) is 11.6 Å². The molecule has 1 saturated carbocycles. The van der Waals surface area contributed by atoms with Crippen molar-refractivity contribution in [2.24, 2.45) is 0 Å². The maximum absolute atomic E-state index is 12.3. The van der Waals surface area contributed by atoms with E-state index in [9.17, 15) is 9.59 Å². The molecule has 0 atom stereocenters. The first kappa shape index (κ1) is 14.9.